The van der Waals surface area contributed by atoms with E-state index in [1.54, 1.807) is 30.3 Å². The van der Waals surface area contributed by atoms with Gasteiger partial charge >= 0.3 is 11.9 Å². The first-order chi connectivity index (χ1) is 16.5. The van der Waals surface area contributed by atoms with E-state index in [9.17, 15) is 19.9 Å². The Morgan fingerprint density at radius 3 is 2.15 bits per heavy atom. The van der Waals surface area contributed by atoms with Gasteiger partial charge in [0.05, 0.1) is 12.2 Å². The maximum absolute atomic E-state index is 11.3. The van der Waals surface area contributed by atoms with Gasteiger partial charge in [0.1, 0.15) is 11.5 Å². The summed E-state index contributed by atoms with van der Waals surface area (Å²) in [6, 6.07) is 11.4. The van der Waals surface area contributed by atoms with E-state index in [0.717, 1.165) is 12.8 Å². The average molecular weight is 470 g/mol. The molecule has 7 nitrogen and oxygen atoms in total. The summed E-state index contributed by atoms with van der Waals surface area (Å²) in [5.74, 6) is -1.37. The maximum atomic E-state index is 11.3. The van der Waals surface area contributed by atoms with Crippen molar-refractivity contribution in [3.05, 3.63) is 64.7 Å². The molecule has 0 aliphatic carbocycles. The van der Waals surface area contributed by atoms with Crippen LogP contribution in [0.2, 0.25) is 0 Å². The molecule has 2 aromatic carbocycles. The third-order valence-corrected chi connectivity index (χ3v) is 5.68. The standard InChI is InChI=1S/C27H35NO6/c1-2-3-4-5-6-7-8-9-17-34-24-15-13-22(18-20(24)14-16-25(29)30)26(28-33)21-11-10-12-23(19-21)27(31)32/h10-13,15,18-19,33H,2-9,14,16-17H2,1H3,(H,29,30)(H,31,32). The van der Waals surface area contributed by atoms with Crippen LogP contribution in [0.1, 0.15) is 91.8 Å². The van der Waals surface area contributed by atoms with E-state index >= 15 is 0 Å². The Balaban J connectivity index is 2.08. The summed E-state index contributed by atoms with van der Waals surface area (Å²) < 4.78 is 5.97. The fraction of sp³-hybridized carbons (Fsp3) is 0.444. The number of aromatic carboxylic acids is 1. The predicted molar refractivity (Wildman–Crippen MR) is 131 cm³/mol. The van der Waals surface area contributed by atoms with Crippen molar-refractivity contribution in [3.63, 3.8) is 0 Å². The summed E-state index contributed by atoms with van der Waals surface area (Å²) in [4.78, 5) is 22.4. The average Bonchev–Trinajstić information content (AvgIpc) is 2.83. The van der Waals surface area contributed by atoms with Gasteiger partial charge in [-0.25, -0.2) is 4.79 Å². The van der Waals surface area contributed by atoms with E-state index in [-0.39, 0.29) is 24.1 Å². The Morgan fingerprint density at radius 1 is 0.853 bits per heavy atom. The van der Waals surface area contributed by atoms with Gasteiger partial charge < -0.3 is 20.2 Å². The summed E-state index contributed by atoms with van der Waals surface area (Å²) in [6.07, 6.45) is 9.78. The van der Waals surface area contributed by atoms with Crippen molar-refractivity contribution < 1.29 is 29.7 Å². The van der Waals surface area contributed by atoms with Crippen molar-refractivity contribution in [1.29, 1.82) is 0 Å². The molecule has 0 radical (unpaired) electrons. The second-order valence-electron chi connectivity index (χ2n) is 8.37. The minimum absolute atomic E-state index is 0.0579. The Labute approximate surface area is 201 Å². The van der Waals surface area contributed by atoms with Gasteiger partial charge in [0.15, 0.2) is 0 Å². The van der Waals surface area contributed by atoms with Crippen molar-refractivity contribution in [2.45, 2.75) is 71.1 Å². The quantitative estimate of drug-likeness (QED) is 0.118. The molecule has 3 N–H and O–H groups in total. The number of nitrogens with zero attached hydrogens (tertiary/aromatic N) is 1. The molecule has 0 heterocycles. The van der Waals surface area contributed by atoms with Gasteiger partial charge in [-0.2, -0.15) is 0 Å². The molecule has 0 saturated heterocycles. The van der Waals surface area contributed by atoms with Crippen molar-refractivity contribution in [2.24, 2.45) is 5.16 Å². The molecule has 0 aliphatic heterocycles. The lowest BCUT2D eigenvalue weighted by Crippen LogP contribution is -2.08. The van der Waals surface area contributed by atoms with E-state index in [1.807, 2.05) is 0 Å². The Morgan fingerprint density at radius 2 is 1.50 bits per heavy atom. The van der Waals surface area contributed by atoms with Gasteiger partial charge in [-0.05, 0) is 48.7 Å². The van der Waals surface area contributed by atoms with Gasteiger partial charge in [0.25, 0.3) is 0 Å². The Kier molecular flexibility index (Phi) is 11.7. The number of aryl methyl sites for hydroxylation is 1. The lowest BCUT2D eigenvalue weighted by atomic mass is 9.97. The van der Waals surface area contributed by atoms with Crippen LogP contribution in [-0.2, 0) is 11.2 Å². The molecule has 2 aromatic rings. The van der Waals surface area contributed by atoms with E-state index in [0.29, 0.717) is 29.0 Å². The first-order valence-electron chi connectivity index (χ1n) is 12.0. The van der Waals surface area contributed by atoms with Crippen LogP contribution in [0.25, 0.3) is 0 Å². The van der Waals surface area contributed by atoms with Crippen LogP contribution >= 0.6 is 0 Å². The van der Waals surface area contributed by atoms with Crippen LogP contribution in [0.4, 0.5) is 0 Å². The molecular formula is C27H35NO6. The number of ether oxygens (including phenoxy) is 1. The minimum atomic E-state index is -1.08. The summed E-state index contributed by atoms with van der Waals surface area (Å²) in [5, 5.41) is 31.4. The molecule has 34 heavy (non-hydrogen) atoms. The second-order valence-corrected chi connectivity index (χ2v) is 8.37. The fourth-order valence-electron chi connectivity index (χ4n) is 3.80. The van der Waals surface area contributed by atoms with Crippen molar-refractivity contribution in [2.75, 3.05) is 6.61 Å². The highest BCUT2D eigenvalue weighted by Gasteiger charge is 2.15. The van der Waals surface area contributed by atoms with Crippen LogP contribution in [0.3, 0.4) is 0 Å². The summed E-state index contributed by atoms with van der Waals surface area (Å²) in [7, 11) is 0. The van der Waals surface area contributed by atoms with Crippen LogP contribution in [0.15, 0.2) is 47.6 Å². The topological polar surface area (TPSA) is 116 Å². The summed E-state index contributed by atoms with van der Waals surface area (Å²) >= 11 is 0. The molecule has 0 spiro atoms. The predicted octanol–water partition coefficient (Wildman–Crippen LogP) is 6.15. The number of hydrogen-bond acceptors (Lipinski definition) is 5. The molecule has 0 aromatic heterocycles. The first-order valence-corrected chi connectivity index (χ1v) is 12.0. The normalized spacial score (nSPS) is 11.4. The zero-order chi connectivity index (χ0) is 24.8. The number of rotatable bonds is 16. The van der Waals surface area contributed by atoms with Gasteiger partial charge in [0, 0.05) is 17.5 Å². The number of carbonyl (C=O) groups is 2. The fourth-order valence-corrected chi connectivity index (χ4v) is 3.80. The van der Waals surface area contributed by atoms with Crippen LogP contribution < -0.4 is 4.74 Å². The lowest BCUT2D eigenvalue weighted by molar-refractivity contribution is -0.136. The Bertz CT molecular complexity index is 969. The van der Waals surface area contributed by atoms with Gasteiger partial charge in [-0.3, -0.25) is 4.79 Å². The van der Waals surface area contributed by atoms with Crippen molar-refractivity contribution >= 4 is 17.7 Å². The van der Waals surface area contributed by atoms with Gasteiger partial charge in [-0.15, -0.1) is 0 Å². The zero-order valence-corrected chi connectivity index (χ0v) is 19.8. The van der Waals surface area contributed by atoms with Crippen molar-refractivity contribution in [1.82, 2.24) is 0 Å². The van der Waals surface area contributed by atoms with E-state index < -0.39 is 11.9 Å². The molecule has 0 unspecified atom stereocenters. The van der Waals surface area contributed by atoms with Crippen LogP contribution in [0, 0.1) is 0 Å². The van der Waals surface area contributed by atoms with Gasteiger partial charge in [-0.1, -0.05) is 69.2 Å². The number of oxime groups is 1. The lowest BCUT2D eigenvalue weighted by Gasteiger charge is -2.14. The molecular weight excluding hydrogens is 434 g/mol. The molecule has 0 bridgehead atoms. The number of aliphatic carboxylic acids is 1. The number of hydrogen-bond donors (Lipinski definition) is 3. The SMILES string of the molecule is CCCCCCCCCCOc1ccc(C(=NO)c2cccc(C(=O)O)c2)cc1CCC(=O)O. The second kappa shape index (κ2) is 14.7. The largest absolute Gasteiger partial charge is 0.493 e. The monoisotopic (exact) mass is 469 g/mol. The summed E-state index contributed by atoms with van der Waals surface area (Å²) in [6.45, 7) is 2.76. The maximum Gasteiger partial charge on any atom is 0.335 e. The highest BCUT2D eigenvalue weighted by atomic mass is 16.5. The van der Waals surface area contributed by atoms with E-state index in [1.165, 1.54) is 50.7 Å². The molecule has 184 valence electrons. The number of benzene rings is 2. The number of carboxylic acids is 2. The number of carboxylic acid groups (broad SMARTS) is 2. The van der Waals surface area contributed by atoms with Crippen LogP contribution in [0.5, 0.6) is 5.75 Å². The highest BCUT2D eigenvalue weighted by Crippen LogP contribution is 2.25. The first kappa shape index (κ1) is 26.9. The minimum Gasteiger partial charge on any atom is -0.493 e. The highest BCUT2D eigenvalue weighted by molar-refractivity contribution is 6.13. The van der Waals surface area contributed by atoms with Gasteiger partial charge in [0.2, 0.25) is 0 Å². The van der Waals surface area contributed by atoms with E-state index in [4.69, 9.17) is 9.84 Å². The molecule has 0 saturated carbocycles. The molecule has 2 rings (SSSR count). The molecule has 0 atom stereocenters. The third kappa shape index (κ3) is 8.89. The van der Waals surface area contributed by atoms with Crippen LogP contribution in [-0.4, -0.2) is 39.7 Å². The molecule has 0 amide bonds. The van der Waals surface area contributed by atoms with E-state index in [2.05, 4.69) is 12.1 Å². The smallest absolute Gasteiger partial charge is 0.335 e. The molecule has 0 fully saturated rings. The summed E-state index contributed by atoms with van der Waals surface area (Å²) in [5.41, 5.74) is 1.98. The molecule has 7 heteroatoms. The molecule has 0 aliphatic rings. The zero-order valence-electron chi connectivity index (χ0n) is 19.8. The Hall–Kier alpha value is -3.35. The third-order valence-electron chi connectivity index (χ3n) is 5.68. The van der Waals surface area contributed by atoms with Crippen molar-refractivity contribution in [3.8, 4) is 5.75 Å². The number of unbranched alkanes of at least 4 members (excludes halogenated alkanes) is 7.